The third kappa shape index (κ3) is 8.86. The first-order valence-corrected chi connectivity index (χ1v) is 10.7. The molecule has 1 aromatic heterocycles. The molecule has 8 nitrogen and oxygen atoms in total. The van der Waals surface area contributed by atoms with Crippen molar-refractivity contribution in [2.24, 2.45) is 4.99 Å². The minimum atomic E-state index is -0.0695. The number of carbonyl (C=O) groups excluding carboxylic acids is 1. The van der Waals surface area contributed by atoms with E-state index in [0.29, 0.717) is 18.7 Å². The van der Waals surface area contributed by atoms with Crippen LogP contribution in [0.2, 0.25) is 0 Å². The fourth-order valence-corrected chi connectivity index (χ4v) is 3.32. The molecule has 0 aliphatic carbocycles. The number of rotatable bonds is 10. The molecule has 0 bridgehead atoms. The quantitative estimate of drug-likeness (QED) is 0.187. The van der Waals surface area contributed by atoms with E-state index in [9.17, 15) is 4.79 Å². The van der Waals surface area contributed by atoms with E-state index in [1.165, 1.54) is 0 Å². The molecule has 1 amide bonds. The molecule has 3 N–H and O–H groups in total. The Bertz CT molecular complexity index is 806. The molecule has 1 aromatic carbocycles. The van der Waals surface area contributed by atoms with Crippen molar-refractivity contribution in [2.75, 3.05) is 26.2 Å². The van der Waals surface area contributed by atoms with Crippen molar-refractivity contribution in [3.05, 3.63) is 53.9 Å². The second kappa shape index (κ2) is 14.0. The topological polar surface area (TPSA) is 92.6 Å². The van der Waals surface area contributed by atoms with Gasteiger partial charge < -0.3 is 20.7 Å². The Labute approximate surface area is 201 Å². The van der Waals surface area contributed by atoms with Gasteiger partial charge in [-0.25, -0.2) is 4.99 Å². The molecule has 170 valence electrons. The second-order valence-electron chi connectivity index (χ2n) is 7.29. The molecule has 1 unspecified atom stereocenters. The van der Waals surface area contributed by atoms with Crippen LogP contribution in [0.25, 0.3) is 0 Å². The van der Waals surface area contributed by atoms with Gasteiger partial charge in [0.25, 0.3) is 5.91 Å². The Balaban J connectivity index is 0.00000341. The van der Waals surface area contributed by atoms with Gasteiger partial charge >= 0.3 is 0 Å². The molecular formula is C22H33IN6O2. The van der Waals surface area contributed by atoms with Crippen molar-refractivity contribution >= 4 is 35.8 Å². The molecule has 1 fully saturated rings. The molecule has 31 heavy (non-hydrogen) atoms. The highest BCUT2D eigenvalue weighted by atomic mass is 127. The number of hydrogen-bond acceptors (Lipinski definition) is 4. The van der Waals surface area contributed by atoms with Crippen LogP contribution in [0.15, 0.2) is 47.7 Å². The van der Waals surface area contributed by atoms with Gasteiger partial charge in [-0.15, -0.1) is 24.0 Å². The molecule has 1 aliphatic rings. The monoisotopic (exact) mass is 540 g/mol. The summed E-state index contributed by atoms with van der Waals surface area (Å²) in [6, 6.07) is 9.54. The lowest BCUT2D eigenvalue weighted by Gasteiger charge is -2.12. The van der Waals surface area contributed by atoms with Gasteiger partial charge in [0, 0.05) is 50.7 Å². The first-order valence-electron chi connectivity index (χ1n) is 10.7. The van der Waals surface area contributed by atoms with E-state index in [1.807, 2.05) is 48.1 Å². The number of ether oxygens (including phenoxy) is 1. The van der Waals surface area contributed by atoms with Crippen LogP contribution in [0.3, 0.4) is 0 Å². The zero-order chi connectivity index (χ0) is 21.0. The van der Waals surface area contributed by atoms with Crippen LogP contribution in [-0.2, 0) is 17.8 Å². The highest BCUT2D eigenvalue weighted by molar-refractivity contribution is 14.0. The van der Waals surface area contributed by atoms with E-state index in [0.717, 1.165) is 57.0 Å². The van der Waals surface area contributed by atoms with Crippen LogP contribution in [0.5, 0.6) is 0 Å². The maximum absolute atomic E-state index is 12.4. The molecule has 1 saturated heterocycles. The normalized spacial score (nSPS) is 15.9. The third-order valence-electron chi connectivity index (χ3n) is 4.88. The van der Waals surface area contributed by atoms with E-state index >= 15 is 0 Å². The smallest absolute Gasteiger partial charge is 0.251 e. The first kappa shape index (κ1) is 25.1. The minimum Gasteiger partial charge on any atom is -0.376 e. The van der Waals surface area contributed by atoms with E-state index in [-0.39, 0.29) is 36.0 Å². The van der Waals surface area contributed by atoms with Crippen LogP contribution in [0, 0.1) is 0 Å². The first-order chi connectivity index (χ1) is 14.7. The number of guanidine groups is 1. The lowest BCUT2D eigenvalue weighted by atomic mass is 10.1. The SMILES string of the molecule is CCNC(=NCc1cccc(C(=O)NCC2CCCO2)c1)NCCCn1cccn1.I. The van der Waals surface area contributed by atoms with Crippen LogP contribution in [0.4, 0.5) is 0 Å². The number of aromatic nitrogens is 2. The Morgan fingerprint density at radius 3 is 2.94 bits per heavy atom. The van der Waals surface area contributed by atoms with E-state index in [1.54, 1.807) is 6.20 Å². The Morgan fingerprint density at radius 1 is 1.29 bits per heavy atom. The van der Waals surface area contributed by atoms with Gasteiger partial charge in [-0.1, -0.05) is 12.1 Å². The van der Waals surface area contributed by atoms with Crippen molar-refractivity contribution in [3.63, 3.8) is 0 Å². The van der Waals surface area contributed by atoms with Gasteiger partial charge in [-0.3, -0.25) is 9.48 Å². The maximum atomic E-state index is 12.4. The lowest BCUT2D eigenvalue weighted by Crippen LogP contribution is -2.38. The van der Waals surface area contributed by atoms with Gasteiger partial charge in [0.15, 0.2) is 5.96 Å². The van der Waals surface area contributed by atoms with E-state index in [2.05, 4.69) is 26.0 Å². The van der Waals surface area contributed by atoms with Crippen LogP contribution in [0.1, 0.15) is 42.1 Å². The number of hydrogen-bond donors (Lipinski definition) is 3. The number of nitrogens with zero attached hydrogens (tertiary/aromatic N) is 3. The van der Waals surface area contributed by atoms with Crippen LogP contribution in [-0.4, -0.2) is 54.0 Å². The summed E-state index contributed by atoms with van der Waals surface area (Å²) in [5.74, 6) is 0.700. The predicted octanol–water partition coefficient (Wildman–Crippen LogP) is 2.56. The molecule has 2 heterocycles. The Morgan fingerprint density at radius 2 is 2.19 bits per heavy atom. The summed E-state index contributed by atoms with van der Waals surface area (Å²) in [6.45, 7) is 6.35. The Hall–Kier alpha value is -2.14. The van der Waals surface area contributed by atoms with Crippen molar-refractivity contribution in [1.82, 2.24) is 25.7 Å². The second-order valence-corrected chi connectivity index (χ2v) is 7.29. The minimum absolute atomic E-state index is 0. The highest BCUT2D eigenvalue weighted by Crippen LogP contribution is 2.11. The predicted molar refractivity (Wildman–Crippen MR) is 133 cm³/mol. The highest BCUT2D eigenvalue weighted by Gasteiger charge is 2.16. The van der Waals surface area contributed by atoms with Crippen molar-refractivity contribution in [1.29, 1.82) is 0 Å². The van der Waals surface area contributed by atoms with Crippen molar-refractivity contribution in [3.8, 4) is 0 Å². The molecular weight excluding hydrogens is 507 g/mol. The molecule has 2 aromatic rings. The zero-order valence-electron chi connectivity index (χ0n) is 18.0. The number of aryl methyl sites for hydroxylation is 1. The summed E-state index contributed by atoms with van der Waals surface area (Å²) >= 11 is 0. The number of halogens is 1. The van der Waals surface area contributed by atoms with Crippen molar-refractivity contribution in [2.45, 2.75) is 45.4 Å². The van der Waals surface area contributed by atoms with Crippen LogP contribution >= 0.6 is 24.0 Å². The fourth-order valence-electron chi connectivity index (χ4n) is 3.32. The van der Waals surface area contributed by atoms with Gasteiger partial charge in [0.05, 0.1) is 12.6 Å². The number of carbonyl (C=O) groups is 1. The Kier molecular flexibility index (Phi) is 11.4. The summed E-state index contributed by atoms with van der Waals surface area (Å²) in [6.07, 6.45) is 6.92. The van der Waals surface area contributed by atoms with Gasteiger partial charge in [-0.05, 0) is 49.9 Å². The summed E-state index contributed by atoms with van der Waals surface area (Å²) in [4.78, 5) is 17.1. The average molecular weight is 540 g/mol. The number of nitrogens with one attached hydrogen (secondary N) is 3. The number of amides is 1. The molecule has 0 saturated carbocycles. The number of aliphatic imine (C=N–C) groups is 1. The molecule has 0 radical (unpaired) electrons. The lowest BCUT2D eigenvalue weighted by molar-refractivity contribution is 0.0857. The summed E-state index contributed by atoms with van der Waals surface area (Å²) in [5.41, 5.74) is 1.64. The summed E-state index contributed by atoms with van der Waals surface area (Å²) in [5, 5.41) is 13.8. The molecule has 9 heteroatoms. The maximum Gasteiger partial charge on any atom is 0.251 e. The molecule has 0 spiro atoms. The summed E-state index contributed by atoms with van der Waals surface area (Å²) < 4.78 is 7.48. The van der Waals surface area contributed by atoms with E-state index < -0.39 is 0 Å². The third-order valence-corrected chi connectivity index (χ3v) is 4.88. The average Bonchev–Trinajstić information content (AvgIpc) is 3.47. The van der Waals surface area contributed by atoms with Gasteiger partial charge in [-0.2, -0.15) is 5.10 Å². The standard InChI is InChI=1S/C22H32N6O2.HI/c1-2-23-22(24-10-5-12-28-13-6-11-27-28)26-16-18-7-3-8-19(15-18)21(29)25-17-20-9-4-14-30-20;/h3,6-8,11,13,15,20H,2,4-5,9-10,12,14,16-17H2,1H3,(H,25,29)(H2,23,24,26);1H. The summed E-state index contributed by atoms with van der Waals surface area (Å²) in [7, 11) is 0. The van der Waals surface area contributed by atoms with Crippen molar-refractivity contribution < 1.29 is 9.53 Å². The molecule has 1 aliphatic heterocycles. The fraction of sp³-hybridized carbons (Fsp3) is 0.500. The van der Waals surface area contributed by atoms with Crippen LogP contribution < -0.4 is 16.0 Å². The molecule has 3 rings (SSSR count). The van der Waals surface area contributed by atoms with E-state index in [4.69, 9.17) is 4.74 Å². The molecule has 1 atom stereocenters. The van der Waals surface area contributed by atoms with Gasteiger partial charge in [0.2, 0.25) is 0 Å². The largest absolute Gasteiger partial charge is 0.376 e. The number of benzene rings is 1. The zero-order valence-corrected chi connectivity index (χ0v) is 20.4. The van der Waals surface area contributed by atoms with Gasteiger partial charge in [0.1, 0.15) is 0 Å².